The molecule has 2 heterocycles. The molecule has 0 N–H and O–H groups in total. The molecule has 0 unspecified atom stereocenters. The van der Waals surface area contributed by atoms with Crippen LogP contribution in [0.1, 0.15) is 38.7 Å². The fourth-order valence-corrected chi connectivity index (χ4v) is 10.4. The van der Waals surface area contributed by atoms with E-state index in [2.05, 4.69) is 74.5 Å². The van der Waals surface area contributed by atoms with Crippen LogP contribution in [0.2, 0.25) is 0 Å². The molecule has 1 aliphatic rings. The van der Waals surface area contributed by atoms with E-state index < -0.39 is 36.3 Å². The minimum Gasteiger partial charge on any atom is -0.310 e. The molecular formula is C55H38N2S. The summed E-state index contributed by atoms with van der Waals surface area (Å²) in [6.07, 6.45) is 0. The quantitative estimate of drug-likeness (QED) is 0.169. The van der Waals surface area contributed by atoms with Crippen LogP contribution in [0.3, 0.4) is 0 Å². The fourth-order valence-electron chi connectivity index (χ4n) is 9.25. The lowest BCUT2D eigenvalue weighted by atomic mass is 9.82. The second kappa shape index (κ2) is 12.5. The van der Waals surface area contributed by atoms with Gasteiger partial charge in [0.05, 0.1) is 24.7 Å². The predicted octanol–water partition coefficient (Wildman–Crippen LogP) is 15.7. The summed E-state index contributed by atoms with van der Waals surface area (Å²) in [5.74, 6) is 0. The normalized spacial score (nSPS) is 15.6. The van der Waals surface area contributed by atoms with Crippen LogP contribution in [0.25, 0.3) is 80.7 Å². The zero-order valence-corrected chi connectivity index (χ0v) is 32.3. The maximum absolute atomic E-state index is 9.10. The Hall–Kier alpha value is -6.94. The fraction of sp³-hybridized carbons (Fsp3) is 0.0545. The maximum atomic E-state index is 9.10. The van der Waals surface area contributed by atoms with Crippen LogP contribution in [0.15, 0.2) is 194 Å². The second-order valence-electron chi connectivity index (χ2n) is 15.4. The van der Waals surface area contributed by atoms with Gasteiger partial charge in [-0.2, -0.15) is 0 Å². The van der Waals surface area contributed by atoms with Crippen LogP contribution < -0.4 is 4.90 Å². The zero-order chi connectivity index (χ0) is 47.2. The number of fused-ring (bicyclic) bond motifs is 11. The molecule has 0 saturated heterocycles. The molecule has 0 radical (unpaired) electrons. The number of aromatic nitrogens is 1. The van der Waals surface area contributed by atoms with E-state index in [1.165, 1.54) is 10.3 Å². The molecule has 1 aliphatic carbocycles. The molecule has 0 atom stereocenters. The van der Waals surface area contributed by atoms with Gasteiger partial charge in [-0.15, -0.1) is 11.3 Å². The molecule has 2 nitrogen and oxygen atoms in total. The van der Waals surface area contributed by atoms with Gasteiger partial charge in [-0.3, -0.25) is 0 Å². The van der Waals surface area contributed by atoms with Gasteiger partial charge in [-0.05, 0) is 129 Å². The first kappa shape index (κ1) is 24.6. The summed E-state index contributed by atoms with van der Waals surface area (Å²) in [7, 11) is 0. The molecule has 0 aliphatic heterocycles. The SMILES string of the molecule is [2H]c1c([2H])c([2H])c(N(c2ccc(-c3ccc4c(c3)c3cc5c(ccc6sc7ccccc7c65)cc3n4-c3c([2H])c([2H])c([2H])c([2H])c3[2H])cc2)c2ccc3c(c2)-c2ccccc2C3(C)C)c([2H])c1[2H]. The highest BCUT2D eigenvalue weighted by atomic mass is 32.1. The van der Waals surface area contributed by atoms with E-state index >= 15 is 0 Å². The number of benzene rings is 9. The predicted molar refractivity (Wildman–Crippen MR) is 249 cm³/mol. The van der Waals surface area contributed by atoms with Gasteiger partial charge in [-0.1, -0.05) is 123 Å². The maximum Gasteiger partial charge on any atom is 0.0645 e. The van der Waals surface area contributed by atoms with Gasteiger partial charge in [0.2, 0.25) is 0 Å². The highest BCUT2D eigenvalue weighted by Gasteiger charge is 2.35. The molecule has 0 saturated carbocycles. The van der Waals surface area contributed by atoms with Crippen LogP contribution in [0, 0.1) is 0 Å². The molecule has 58 heavy (non-hydrogen) atoms. The number of para-hydroxylation sites is 2. The Kier molecular flexibility index (Phi) is 5.32. The molecule has 11 aromatic rings. The zero-order valence-electron chi connectivity index (χ0n) is 41.5. The molecule has 3 heteroatoms. The van der Waals surface area contributed by atoms with Crippen LogP contribution in [-0.2, 0) is 5.41 Å². The van der Waals surface area contributed by atoms with Crippen LogP contribution >= 0.6 is 11.3 Å². The lowest BCUT2D eigenvalue weighted by molar-refractivity contribution is 0.660. The van der Waals surface area contributed by atoms with Crippen molar-refractivity contribution in [3.63, 3.8) is 0 Å². The van der Waals surface area contributed by atoms with E-state index in [0.717, 1.165) is 64.8 Å². The van der Waals surface area contributed by atoms with E-state index in [0.29, 0.717) is 22.4 Å². The van der Waals surface area contributed by atoms with E-state index in [1.54, 1.807) is 20.8 Å². The Morgan fingerprint density at radius 3 is 2.05 bits per heavy atom. The molecule has 9 aromatic carbocycles. The number of hydrogen-bond donors (Lipinski definition) is 0. The van der Waals surface area contributed by atoms with Gasteiger partial charge in [0.25, 0.3) is 0 Å². The van der Waals surface area contributed by atoms with Crippen molar-refractivity contribution < 1.29 is 13.7 Å². The third kappa shape index (κ3) is 4.90. The van der Waals surface area contributed by atoms with Crippen molar-refractivity contribution in [3.05, 3.63) is 205 Å². The molecule has 0 spiro atoms. The van der Waals surface area contributed by atoms with E-state index in [9.17, 15) is 0 Å². The molecule has 0 amide bonds. The molecule has 0 fully saturated rings. The van der Waals surface area contributed by atoms with Gasteiger partial charge in [0.15, 0.2) is 0 Å². The molecule has 274 valence electrons. The van der Waals surface area contributed by atoms with Crippen molar-refractivity contribution in [1.82, 2.24) is 4.57 Å². The lowest BCUT2D eigenvalue weighted by Gasteiger charge is -2.27. The highest BCUT2D eigenvalue weighted by Crippen LogP contribution is 2.51. The Labute approximate surface area is 355 Å². The minimum atomic E-state index is -0.465. The van der Waals surface area contributed by atoms with Gasteiger partial charge >= 0.3 is 0 Å². The summed E-state index contributed by atoms with van der Waals surface area (Å²) in [4.78, 5) is 1.75. The van der Waals surface area contributed by atoms with Crippen molar-refractivity contribution in [2.45, 2.75) is 19.3 Å². The van der Waals surface area contributed by atoms with Crippen molar-refractivity contribution in [1.29, 1.82) is 0 Å². The van der Waals surface area contributed by atoms with Crippen molar-refractivity contribution >= 4 is 81.1 Å². The third-order valence-electron chi connectivity index (χ3n) is 11.9. The monoisotopic (exact) mass is 768 g/mol. The lowest BCUT2D eigenvalue weighted by Crippen LogP contribution is -2.15. The molecule has 0 bridgehead atoms. The van der Waals surface area contributed by atoms with Crippen molar-refractivity contribution in [2.24, 2.45) is 0 Å². The largest absolute Gasteiger partial charge is 0.310 e. The third-order valence-corrected chi connectivity index (χ3v) is 13.1. The number of anilines is 3. The van der Waals surface area contributed by atoms with E-state index in [-0.39, 0.29) is 41.0 Å². The number of thiophene rings is 1. The first-order valence-corrected chi connectivity index (χ1v) is 20.1. The summed E-state index contributed by atoms with van der Waals surface area (Å²) in [5, 5.41) is 5.98. The minimum absolute atomic E-state index is 0.0378. The second-order valence-corrected chi connectivity index (χ2v) is 16.5. The van der Waals surface area contributed by atoms with Gasteiger partial charge in [0, 0.05) is 59.1 Å². The summed E-state index contributed by atoms with van der Waals surface area (Å²) in [5.41, 5.74) is 8.62. The Morgan fingerprint density at radius 1 is 0.500 bits per heavy atom. The van der Waals surface area contributed by atoms with Gasteiger partial charge < -0.3 is 9.47 Å². The molecule has 2 aromatic heterocycles. The van der Waals surface area contributed by atoms with Crippen LogP contribution in [0.4, 0.5) is 17.1 Å². The van der Waals surface area contributed by atoms with Crippen molar-refractivity contribution in [3.8, 4) is 27.9 Å². The molecule has 12 rings (SSSR count). The first-order chi connectivity index (χ1) is 32.6. The van der Waals surface area contributed by atoms with Crippen LogP contribution in [-0.4, -0.2) is 4.57 Å². The smallest absolute Gasteiger partial charge is 0.0645 e. The average Bonchev–Trinajstić information content (AvgIpc) is 3.97. The van der Waals surface area contributed by atoms with E-state index in [4.69, 9.17) is 13.7 Å². The number of rotatable bonds is 5. The van der Waals surface area contributed by atoms with Crippen LogP contribution in [0.5, 0.6) is 0 Å². The Morgan fingerprint density at radius 2 is 1.21 bits per heavy atom. The standard InChI is InChI=1S/C55H38N2S/c1-55(2)48-19-11-9-17-42(48)45-33-41(27-28-49(45)55)56(38-13-5-3-6-14-38)40-25-21-35(22-26-40)36-23-29-50-46(31-36)47-34-44-37(32-51(47)57(50)39-15-7-4-8-16-39)24-30-53-54(44)43-18-10-12-20-52(43)58-53/h3-34H,1-2H3/i3D,4D,5D,6D,7D,8D,13D,14D,15D,16D. The summed E-state index contributed by atoms with van der Waals surface area (Å²) in [6, 6.07) is 41.0. The number of hydrogen-bond acceptors (Lipinski definition) is 2. The number of nitrogens with zero attached hydrogens (tertiary/aromatic N) is 2. The van der Waals surface area contributed by atoms with Gasteiger partial charge in [0.1, 0.15) is 0 Å². The first-order valence-electron chi connectivity index (χ1n) is 24.3. The van der Waals surface area contributed by atoms with Crippen molar-refractivity contribution in [2.75, 3.05) is 4.90 Å². The van der Waals surface area contributed by atoms with E-state index in [1.807, 2.05) is 72.8 Å². The summed E-state index contributed by atoms with van der Waals surface area (Å²) >= 11 is 1.74. The average molecular weight is 769 g/mol. The Bertz CT molecular complexity index is 3960. The summed E-state index contributed by atoms with van der Waals surface area (Å²) < 4.78 is 91.6. The van der Waals surface area contributed by atoms with Gasteiger partial charge in [-0.25, -0.2) is 0 Å². The highest BCUT2D eigenvalue weighted by molar-refractivity contribution is 7.26. The molecular weight excluding hydrogens is 721 g/mol. The topological polar surface area (TPSA) is 8.17 Å². The Balaban J connectivity index is 1.06. The summed E-state index contributed by atoms with van der Waals surface area (Å²) in [6.45, 7) is 4.39.